The van der Waals surface area contributed by atoms with Gasteiger partial charge in [0.15, 0.2) is 11.5 Å². The van der Waals surface area contributed by atoms with Crippen molar-refractivity contribution in [3.8, 4) is 11.5 Å². The topological polar surface area (TPSA) is 109 Å². The molecule has 9 nitrogen and oxygen atoms in total. The number of benzene rings is 1. The molecule has 0 saturated carbocycles. The molecule has 0 spiro atoms. The Morgan fingerprint density at radius 3 is 2.44 bits per heavy atom. The van der Waals surface area contributed by atoms with Crippen molar-refractivity contribution in [3.05, 3.63) is 28.7 Å². The lowest BCUT2D eigenvalue weighted by atomic mass is 10.0. The summed E-state index contributed by atoms with van der Waals surface area (Å²) < 4.78 is 16.2. The van der Waals surface area contributed by atoms with E-state index in [4.69, 9.17) is 14.2 Å². The highest BCUT2D eigenvalue weighted by molar-refractivity contribution is 5.90. The first-order valence-corrected chi connectivity index (χ1v) is 8.32. The highest BCUT2D eigenvalue weighted by Crippen LogP contribution is 2.32. The van der Waals surface area contributed by atoms with Crippen LogP contribution >= 0.6 is 0 Å². The molecule has 0 saturated heterocycles. The van der Waals surface area contributed by atoms with Gasteiger partial charge in [-0.15, -0.1) is 0 Å². The molecule has 1 N–H and O–H groups in total. The van der Waals surface area contributed by atoms with Crippen LogP contribution in [0.4, 0.5) is 0 Å². The van der Waals surface area contributed by atoms with Crippen LogP contribution in [-0.4, -0.2) is 49.0 Å². The van der Waals surface area contributed by atoms with Crippen LogP contribution in [0.15, 0.2) is 23.1 Å². The van der Waals surface area contributed by atoms with Gasteiger partial charge in [0.05, 0.1) is 32.9 Å². The van der Waals surface area contributed by atoms with Crippen molar-refractivity contribution in [2.45, 2.75) is 26.4 Å². The van der Waals surface area contributed by atoms with E-state index in [0.29, 0.717) is 11.1 Å². The van der Waals surface area contributed by atoms with Crippen molar-refractivity contribution in [2.75, 3.05) is 21.3 Å². The zero-order valence-corrected chi connectivity index (χ0v) is 15.9. The lowest BCUT2D eigenvalue weighted by Gasteiger charge is -2.20. The molecular weight excluding hydrogens is 354 g/mol. The average Bonchev–Trinajstić information content (AvgIpc) is 2.66. The van der Waals surface area contributed by atoms with Gasteiger partial charge in [-0.25, -0.2) is 9.48 Å². The average molecular weight is 377 g/mol. The van der Waals surface area contributed by atoms with Gasteiger partial charge in [-0.05, 0) is 18.1 Å². The number of ether oxygens (including phenoxy) is 3. The van der Waals surface area contributed by atoms with E-state index in [1.54, 1.807) is 26.0 Å². The third kappa shape index (κ3) is 4.18. The molecule has 0 fully saturated rings. The summed E-state index contributed by atoms with van der Waals surface area (Å²) in [6.07, 6.45) is 1.46. The molecule has 1 amide bonds. The van der Waals surface area contributed by atoms with E-state index in [0.717, 1.165) is 4.68 Å². The van der Waals surface area contributed by atoms with E-state index >= 15 is 0 Å². The Hall–Kier alpha value is -3.10. The van der Waals surface area contributed by atoms with Crippen LogP contribution in [0.2, 0.25) is 0 Å². The number of amides is 1. The normalized spacial score (nSPS) is 11.9. The Morgan fingerprint density at radius 2 is 1.89 bits per heavy atom. The monoisotopic (exact) mass is 377 g/mol. The van der Waals surface area contributed by atoms with Gasteiger partial charge in [-0.3, -0.25) is 9.59 Å². The Labute approximate surface area is 156 Å². The molecule has 2 rings (SSSR count). The number of carbonyl (C=O) groups is 2. The molecule has 146 valence electrons. The second kappa shape index (κ2) is 8.52. The lowest BCUT2D eigenvalue weighted by Crippen LogP contribution is -2.47. The van der Waals surface area contributed by atoms with Gasteiger partial charge in [0.25, 0.3) is 5.56 Å². The van der Waals surface area contributed by atoms with Gasteiger partial charge in [0.2, 0.25) is 5.91 Å². The summed E-state index contributed by atoms with van der Waals surface area (Å²) in [5.41, 5.74) is -0.502. The SMILES string of the molecule is COC(=O)C(NC(=O)Cn1ncc2ccc(OC)c(OC)c2c1=O)C(C)C. The van der Waals surface area contributed by atoms with Crippen LogP contribution < -0.4 is 20.3 Å². The molecule has 1 aromatic carbocycles. The smallest absolute Gasteiger partial charge is 0.328 e. The third-order valence-electron chi connectivity index (χ3n) is 4.09. The maximum atomic E-state index is 12.8. The van der Waals surface area contributed by atoms with Crippen LogP contribution in [0.25, 0.3) is 10.8 Å². The van der Waals surface area contributed by atoms with Crippen molar-refractivity contribution in [2.24, 2.45) is 5.92 Å². The molecule has 0 bridgehead atoms. The van der Waals surface area contributed by atoms with Gasteiger partial charge < -0.3 is 19.5 Å². The number of methoxy groups -OCH3 is 3. The molecule has 1 aromatic heterocycles. The molecule has 0 aliphatic carbocycles. The second-order valence-electron chi connectivity index (χ2n) is 6.19. The summed E-state index contributed by atoms with van der Waals surface area (Å²) >= 11 is 0. The predicted octanol–water partition coefficient (Wildman–Crippen LogP) is 0.727. The zero-order chi connectivity index (χ0) is 20.1. The number of nitrogens with one attached hydrogen (secondary N) is 1. The van der Waals surface area contributed by atoms with Crippen LogP contribution in [0.1, 0.15) is 13.8 Å². The highest BCUT2D eigenvalue weighted by Gasteiger charge is 2.25. The summed E-state index contributed by atoms with van der Waals surface area (Å²) in [4.78, 5) is 36.9. The number of fused-ring (bicyclic) bond motifs is 1. The third-order valence-corrected chi connectivity index (χ3v) is 4.09. The zero-order valence-electron chi connectivity index (χ0n) is 15.9. The molecule has 1 atom stereocenters. The van der Waals surface area contributed by atoms with E-state index in [2.05, 4.69) is 10.4 Å². The number of esters is 1. The van der Waals surface area contributed by atoms with Crippen molar-refractivity contribution in [1.82, 2.24) is 15.1 Å². The number of aromatic nitrogens is 2. The number of nitrogens with zero attached hydrogens (tertiary/aromatic N) is 2. The van der Waals surface area contributed by atoms with Crippen LogP contribution in [0, 0.1) is 5.92 Å². The summed E-state index contributed by atoms with van der Waals surface area (Å²) in [6, 6.07) is 2.54. The summed E-state index contributed by atoms with van der Waals surface area (Å²) in [5, 5.41) is 7.41. The van der Waals surface area contributed by atoms with Gasteiger partial charge in [0, 0.05) is 5.39 Å². The second-order valence-corrected chi connectivity index (χ2v) is 6.19. The first kappa shape index (κ1) is 20.2. The molecule has 9 heteroatoms. The molecular formula is C18H23N3O6. The maximum Gasteiger partial charge on any atom is 0.328 e. The quantitative estimate of drug-likeness (QED) is 0.709. The molecule has 0 aliphatic heterocycles. The van der Waals surface area contributed by atoms with Crippen molar-refractivity contribution < 1.29 is 23.8 Å². The standard InChI is InChI=1S/C18H23N3O6/c1-10(2)15(18(24)27-5)20-13(22)9-21-17(23)14-11(8-19-21)6-7-12(25-3)16(14)26-4/h6-8,10,15H,9H2,1-5H3,(H,20,22). The van der Waals surface area contributed by atoms with Crippen molar-refractivity contribution >= 4 is 22.6 Å². The highest BCUT2D eigenvalue weighted by atomic mass is 16.5. The van der Waals surface area contributed by atoms with Gasteiger partial charge >= 0.3 is 5.97 Å². The number of rotatable bonds is 7. The van der Waals surface area contributed by atoms with Crippen LogP contribution in [-0.2, 0) is 20.9 Å². The van der Waals surface area contributed by atoms with Crippen LogP contribution in [0.5, 0.6) is 11.5 Å². The first-order chi connectivity index (χ1) is 12.8. The minimum absolute atomic E-state index is 0.174. The molecule has 0 aliphatic rings. The minimum atomic E-state index is -0.812. The van der Waals surface area contributed by atoms with Gasteiger partial charge in [-0.2, -0.15) is 5.10 Å². The Morgan fingerprint density at radius 1 is 1.19 bits per heavy atom. The van der Waals surface area contributed by atoms with Crippen molar-refractivity contribution in [3.63, 3.8) is 0 Å². The van der Waals surface area contributed by atoms with Crippen LogP contribution in [0.3, 0.4) is 0 Å². The number of carbonyl (C=O) groups excluding carboxylic acids is 2. The fourth-order valence-electron chi connectivity index (χ4n) is 2.68. The predicted molar refractivity (Wildman–Crippen MR) is 97.9 cm³/mol. The van der Waals surface area contributed by atoms with E-state index in [-0.39, 0.29) is 23.6 Å². The Balaban J connectivity index is 2.36. The molecule has 0 radical (unpaired) electrons. The number of hydrogen-bond donors (Lipinski definition) is 1. The first-order valence-electron chi connectivity index (χ1n) is 8.32. The van der Waals surface area contributed by atoms with E-state index in [1.807, 2.05) is 0 Å². The number of hydrogen-bond acceptors (Lipinski definition) is 7. The minimum Gasteiger partial charge on any atom is -0.493 e. The van der Waals surface area contributed by atoms with E-state index in [1.165, 1.54) is 27.5 Å². The van der Waals surface area contributed by atoms with Gasteiger partial charge in [-0.1, -0.05) is 13.8 Å². The largest absolute Gasteiger partial charge is 0.493 e. The molecule has 2 aromatic rings. The molecule has 1 unspecified atom stereocenters. The summed E-state index contributed by atoms with van der Waals surface area (Å²) in [6.45, 7) is 3.20. The Kier molecular flexibility index (Phi) is 6.38. The lowest BCUT2D eigenvalue weighted by molar-refractivity contribution is -0.146. The summed E-state index contributed by atoms with van der Waals surface area (Å²) in [5.74, 6) is -0.591. The van der Waals surface area contributed by atoms with E-state index < -0.39 is 23.5 Å². The van der Waals surface area contributed by atoms with Gasteiger partial charge in [0.1, 0.15) is 12.6 Å². The molecule has 27 heavy (non-hydrogen) atoms. The Bertz CT molecular complexity index is 906. The van der Waals surface area contributed by atoms with Crippen molar-refractivity contribution in [1.29, 1.82) is 0 Å². The van der Waals surface area contributed by atoms with E-state index in [9.17, 15) is 14.4 Å². The maximum absolute atomic E-state index is 12.8. The summed E-state index contributed by atoms with van der Waals surface area (Å²) in [7, 11) is 4.15. The molecule has 1 heterocycles. The fourth-order valence-corrected chi connectivity index (χ4v) is 2.68. The fraction of sp³-hybridized carbons (Fsp3) is 0.444.